The first kappa shape index (κ1) is 14.9. The Labute approximate surface area is 105 Å². The lowest BCUT2D eigenvalue weighted by Crippen LogP contribution is -2.45. The van der Waals surface area contributed by atoms with E-state index >= 15 is 0 Å². The van der Waals surface area contributed by atoms with Crippen molar-refractivity contribution in [2.75, 3.05) is 33.2 Å². The molecule has 0 saturated carbocycles. The number of hydrogen-bond donors (Lipinski definition) is 1. The van der Waals surface area contributed by atoms with E-state index in [1.54, 1.807) is 14.0 Å². The highest BCUT2D eigenvalue weighted by Gasteiger charge is 2.30. The Hall–Kier alpha value is -0.170. The van der Waals surface area contributed by atoms with Crippen LogP contribution in [0.15, 0.2) is 0 Å². The van der Waals surface area contributed by atoms with Crippen LogP contribution in [0.2, 0.25) is 0 Å². The third-order valence-electron chi connectivity index (χ3n) is 3.65. The predicted molar refractivity (Wildman–Crippen MR) is 70.3 cm³/mol. The van der Waals surface area contributed by atoms with Gasteiger partial charge in [0, 0.05) is 26.2 Å². The molecule has 1 saturated heterocycles. The van der Waals surface area contributed by atoms with Gasteiger partial charge in [-0.05, 0) is 32.9 Å². The van der Waals surface area contributed by atoms with E-state index in [9.17, 15) is 8.42 Å². The number of nitrogens with two attached hydrogens (primary N) is 1. The summed E-state index contributed by atoms with van der Waals surface area (Å²) >= 11 is 0. The molecule has 2 N–H and O–H groups in total. The van der Waals surface area contributed by atoms with Gasteiger partial charge in [-0.3, -0.25) is 4.90 Å². The molecule has 5 nitrogen and oxygen atoms in total. The van der Waals surface area contributed by atoms with Gasteiger partial charge in [0.15, 0.2) is 0 Å². The molecule has 0 spiro atoms. The lowest BCUT2D eigenvalue weighted by molar-refractivity contribution is 0.237. The largest absolute Gasteiger partial charge is 0.329 e. The van der Waals surface area contributed by atoms with E-state index in [2.05, 4.69) is 11.8 Å². The summed E-state index contributed by atoms with van der Waals surface area (Å²) < 4.78 is 25.6. The van der Waals surface area contributed by atoms with Crippen LogP contribution < -0.4 is 5.73 Å². The fraction of sp³-hybridized carbons (Fsp3) is 1.00. The highest BCUT2D eigenvalue weighted by Crippen LogP contribution is 2.19. The number of sulfonamides is 1. The van der Waals surface area contributed by atoms with Crippen molar-refractivity contribution < 1.29 is 8.42 Å². The van der Waals surface area contributed by atoms with Crippen molar-refractivity contribution in [2.45, 2.75) is 38.0 Å². The minimum absolute atomic E-state index is 0.175. The van der Waals surface area contributed by atoms with E-state index in [4.69, 9.17) is 5.73 Å². The van der Waals surface area contributed by atoms with Gasteiger partial charge in [0.25, 0.3) is 0 Å². The van der Waals surface area contributed by atoms with E-state index in [-0.39, 0.29) is 6.54 Å². The minimum atomic E-state index is -3.23. The molecule has 1 aliphatic rings. The van der Waals surface area contributed by atoms with E-state index in [0.29, 0.717) is 12.6 Å². The van der Waals surface area contributed by atoms with Crippen LogP contribution in [0.3, 0.4) is 0 Å². The minimum Gasteiger partial charge on any atom is -0.329 e. The molecule has 2 atom stereocenters. The van der Waals surface area contributed by atoms with Crippen LogP contribution in [-0.2, 0) is 10.0 Å². The summed E-state index contributed by atoms with van der Waals surface area (Å²) in [5.74, 6) is 0. The zero-order chi connectivity index (χ0) is 13.1. The molecule has 0 aromatic carbocycles. The Morgan fingerprint density at radius 2 is 2.18 bits per heavy atom. The number of nitrogens with zero attached hydrogens (tertiary/aromatic N) is 2. The van der Waals surface area contributed by atoms with Gasteiger partial charge in [-0.15, -0.1) is 0 Å². The normalized spacial score (nSPS) is 24.4. The van der Waals surface area contributed by atoms with Gasteiger partial charge in [0.2, 0.25) is 10.0 Å². The number of hydrogen-bond acceptors (Lipinski definition) is 4. The molecular weight excluding hydrogens is 238 g/mol. The van der Waals surface area contributed by atoms with Gasteiger partial charge in [-0.25, -0.2) is 12.7 Å². The van der Waals surface area contributed by atoms with Crippen LogP contribution in [0.25, 0.3) is 0 Å². The van der Waals surface area contributed by atoms with Crippen molar-refractivity contribution in [2.24, 2.45) is 5.73 Å². The maximum atomic E-state index is 12.1. The van der Waals surface area contributed by atoms with Crippen molar-refractivity contribution in [3.05, 3.63) is 0 Å². The lowest BCUT2D eigenvalue weighted by atomic mass is 10.2. The monoisotopic (exact) mass is 263 g/mol. The Morgan fingerprint density at radius 3 is 2.71 bits per heavy atom. The van der Waals surface area contributed by atoms with E-state index in [1.165, 1.54) is 10.7 Å². The smallest absolute Gasteiger partial charge is 0.217 e. The second kappa shape index (κ2) is 6.13. The molecule has 0 bridgehead atoms. The molecule has 2 unspecified atom stereocenters. The molecule has 0 aliphatic carbocycles. The van der Waals surface area contributed by atoms with Gasteiger partial charge >= 0.3 is 0 Å². The van der Waals surface area contributed by atoms with Crippen molar-refractivity contribution in [1.82, 2.24) is 9.21 Å². The molecule has 0 radical (unpaired) electrons. The van der Waals surface area contributed by atoms with Crippen LogP contribution in [0.5, 0.6) is 0 Å². The number of likely N-dealkylation sites (N-methyl/N-ethyl adjacent to an activating group) is 2. The van der Waals surface area contributed by atoms with E-state index < -0.39 is 15.3 Å². The highest BCUT2D eigenvalue weighted by atomic mass is 32.2. The second-order valence-corrected chi connectivity index (χ2v) is 7.25. The average Bonchev–Trinajstić information content (AvgIpc) is 2.74. The highest BCUT2D eigenvalue weighted by molar-refractivity contribution is 7.89. The van der Waals surface area contributed by atoms with Gasteiger partial charge in [-0.2, -0.15) is 0 Å². The summed E-state index contributed by atoms with van der Waals surface area (Å²) in [6.07, 6.45) is 2.25. The molecule has 0 amide bonds. The molecule has 1 rings (SSSR count). The van der Waals surface area contributed by atoms with Gasteiger partial charge in [0.05, 0.1) is 5.25 Å². The van der Waals surface area contributed by atoms with Crippen molar-refractivity contribution in [3.8, 4) is 0 Å². The Balaban J connectivity index is 2.62. The van der Waals surface area contributed by atoms with Crippen LogP contribution in [-0.4, -0.2) is 62.1 Å². The average molecular weight is 263 g/mol. The lowest BCUT2D eigenvalue weighted by Gasteiger charge is -2.28. The van der Waals surface area contributed by atoms with E-state index in [0.717, 1.165) is 19.5 Å². The van der Waals surface area contributed by atoms with Crippen LogP contribution in [0.1, 0.15) is 26.7 Å². The molecule has 1 heterocycles. The topological polar surface area (TPSA) is 66.6 Å². The second-order valence-electron chi connectivity index (χ2n) is 4.80. The van der Waals surface area contributed by atoms with Gasteiger partial charge in [0.1, 0.15) is 0 Å². The summed E-state index contributed by atoms with van der Waals surface area (Å²) in [6.45, 7) is 6.62. The quantitative estimate of drug-likeness (QED) is 0.737. The molecule has 0 aromatic rings. The number of rotatable bonds is 6. The molecule has 1 aliphatic heterocycles. The first-order chi connectivity index (χ1) is 7.93. The van der Waals surface area contributed by atoms with Gasteiger partial charge in [-0.1, -0.05) is 6.92 Å². The summed E-state index contributed by atoms with van der Waals surface area (Å²) in [5.41, 5.74) is 5.44. The maximum absolute atomic E-state index is 12.1. The standard InChI is InChI=1S/C11H25N3O2S/c1-4-14-7-5-6-11(14)9-13(3)17(15,16)10(2)8-12/h10-11H,4-9,12H2,1-3H3. The zero-order valence-electron chi connectivity index (χ0n) is 11.1. The third-order valence-corrected chi connectivity index (χ3v) is 5.88. The van der Waals surface area contributed by atoms with Crippen molar-refractivity contribution >= 4 is 10.0 Å². The zero-order valence-corrected chi connectivity index (χ0v) is 11.9. The Bertz CT molecular complexity index is 332. The molecule has 1 fully saturated rings. The summed E-state index contributed by atoms with van der Waals surface area (Å²) in [5, 5.41) is -0.496. The van der Waals surface area contributed by atoms with Crippen molar-refractivity contribution in [3.63, 3.8) is 0 Å². The summed E-state index contributed by atoms with van der Waals surface area (Å²) in [6, 6.07) is 0.366. The SMILES string of the molecule is CCN1CCCC1CN(C)S(=O)(=O)C(C)CN. The first-order valence-electron chi connectivity index (χ1n) is 6.32. The first-order valence-corrected chi connectivity index (χ1v) is 7.83. The molecule has 6 heteroatoms. The third kappa shape index (κ3) is 3.40. The Kier molecular flexibility index (Phi) is 5.37. The molecule has 17 heavy (non-hydrogen) atoms. The molecule has 102 valence electrons. The van der Waals surface area contributed by atoms with Crippen LogP contribution >= 0.6 is 0 Å². The molecular formula is C11H25N3O2S. The molecule has 0 aromatic heterocycles. The fourth-order valence-corrected chi connectivity index (χ4v) is 3.59. The van der Waals surface area contributed by atoms with E-state index in [1.807, 2.05) is 0 Å². The van der Waals surface area contributed by atoms with Crippen LogP contribution in [0.4, 0.5) is 0 Å². The number of likely N-dealkylation sites (tertiary alicyclic amines) is 1. The van der Waals surface area contributed by atoms with Crippen LogP contribution in [0, 0.1) is 0 Å². The Morgan fingerprint density at radius 1 is 1.53 bits per heavy atom. The fourth-order valence-electron chi connectivity index (χ4n) is 2.35. The predicted octanol–water partition coefficient (Wildman–Crippen LogP) is 0.0795. The maximum Gasteiger partial charge on any atom is 0.217 e. The summed E-state index contributed by atoms with van der Waals surface area (Å²) in [7, 11) is -1.57. The van der Waals surface area contributed by atoms with Crippen molar-refractivity contribution in [1.29, 1.82) is 0 Å². The van der Waals surface area contributed by atoms with Gasteiger partial charge < -0.3 is 5.73 Å². The summed E-state index contributed by atoms with van der Waals surface area (Å²) in [4.78, 5) is 2.35.